The monoisotopic (exact) mass is 346 g/mol. The number of fused-ring (bicyclic) bond motifs is 2. The molecule has 6 heteroatoms. The third kappa shape index (κ3) is 2.29. The summed E-state index contributed by atoms with van der Waals surface area (Å²) in [7, 11) is 0. The first-order valence-electron chi connectivity index (χ1n) is 8.88. The minimum atomic E-state index is -0.0746. The molecule has 130 valence electrons. The lowest BCUT2D eigenvalue weighted by atomic mass is 9.86. The second-order valence-electron chi connectivity index (χ2n) is 6.88. The van der Waals surface area contributed by atoms with Crippen LogP contribution in [-0.4, -0.2) is 28.6 Å². The Morgan fingerprint density at radius 3 is 2.85 bits per heavy atom. The van der Waals surface area contributed by atoms with Crippen molar-refractivity contribution in [2.24, 2.45) is 0 Å². The third-order valence-corrected chi connectivity index (χ3v) is 5.30. The van der Waals surface area contributed by atoms with Gasteiger partial charge in [-0.15, -0.1) is 0 Å². The zero-order valence-corrected chi connectivity index (χ0v) is 14.2. The van der Waals surface area contributed by atoms with Crippen LogP contribution in [0.15, 0.2) is 42.5 Å². The zero-order chi connectivity index (χ0) is 17.7. The maximum Gasteiger partial charge on any atom is 0.227 e. The molecule has 6 nitrogen and oxygen atoms in total. The van der Waals surface area contributed by atoms with Crippen LogP contribution in [0.4, 0.5) is 11.4 Å². The van der Waals surface area contributed by atoms with E-state index in [1.54, 1.807) is 4.90 Å². The largest absolute Gasteiger partial charge is 0.326 e. The number of amides is 2. The van der Waals surface area contributed by atoms with Gasteiger partial charge in [-0.1, -0.05) is 24.3 Å². The SMILES string of the molecule is O=C1CC(c2[nH]nc3ccccc23)c2ccc(N3CCCC3=O)cc2N1. The number of hydrogen-bond acceptors (Lipinski definition) is 3. The Bertz CT molecular complexity index is 1040. The van der Waals surface area contributed by atoms with Gasteiger partial charge in [0.15, 0.2) is 0 Å². The van der Waals surface area contributed by atoms with E-state index < -0.39 is 0 Å². The van der Waals surface area contributed by atoms with E-state index in [0.29, 0.717) is 12.8 Å². The maximum atomic E-state index is 12.3. The number of aromatic amines is 1. The van der Waals surface area contributed by atoms with Crippen molar-refractivity contribution in [3.63, 3.8) is 0 Å². The molecule has 0 bridgehead atoms. The number of anilines is 2. The van der Waals surface area contributed by atoms with Crippen molar-refractivity contribution in [3.05, 3.63) is 53.7 Å². The Labute approximate surface area is 150 Å². The summed E-state index contributed by atoms with van der Waals surface area (Å²) in [5.74, 6) is 0.0451. The van der Waals surface area contributed by atoms with Gasteiger partial charge in [-0.3, -0.25) is 14.7 Å². The summed E-state index contributed by atoms with van der Waals surface area (Å²) in [6.07, 6.45) is 1.85. The Kier molecular flexibility index (Phi) is 3.31. The summed E-state index contributed by atoms with van der Waals surface area (Å²) in [6.45, 7) is 0.736. The Morgan fingerprint density at radius 2 is 2.00 bits per heavy atom. The molecular formula is C20H18N4O2. The fourth-order valence-electron chi connectivity index (χ4n) is 4.04. The molecule has 0 radical (unpaired) electrons. The Balaban J connectivity index is 1.60. The third-order valence-electron chi connectivity index (χ3n) is 5.30. The minimum absolute atomic E-state index is 0.0221. The van der Waals surface area contributed by atoms with E-state index in [2.05, 4.69) is 15.5 Å². The van der Waals surface area contributed by atoms with Crippen molar-refractivity contribution < 1.29 is 9.59 Å². The quantitative estimate of drug-likeness (QED) is 0.748. The average Bonchev–Trinajstić information content (AvgIpc) is 3.26. The van der Waals surface area contributed by atoms with E-state index in [9.17, 15) is 9.59 Å². The maximum absolute atomic E-state index is 12.3. The smallest absolute Gasteiger partial charge is 0.227 e. The Hall–Kier alpha value is -3.15. The summed E-state index contributed by atoms with van der Waals surface area (Å²) >= 11 is 0. The topological polar surface area (TPSA) is 78.1 Å². The van der Waals surface area contributed by atoms with Gasteiger partial charge in [0, 0.05) is 42.1 Å². The molecule has 1 fully saturated rings. The predicted molar refractivity (Wildman–Crippen MR) is 99.2 cm³/mol. The number of nitrogens with zero attached hydrogens (tertiary/aromatic N) is 2. The molecule has 1 atom stereocenters. The van der Waals surface area contributed by atoms with E-state index >= 15 is 0 Å². The molecule has 3 heterocycles. The lowest BCUT2D eigenvalue weighted by molar-refractivity contribution is -0.117. The molecule has 2 N–H and O–H groups in total. The van der Waals surface area contributed by atoms with Crippen LogP contribution in [0.3, 0.4) is 0 Å². The number of carbonyl (C=O) groups is 2. The van der Waals surface area contributed by atoms with Crippen LogP contribution in [0, 0.1) is 0 Å². The van der Waals surface area contributed by atoms with Crippen LogP contribution in [0.2, 0.25) is 0 Å². The molecule has 2 aliphatic rings. The zero-order valence-electron chi connectivity index (χ0n) is 14.2. The normalized spacial score (nSPS) is 19.7. The summed E-state index contributed by atoms with van der Waals surface area (Å²) in [6, 6.07) is 13.8. The molecule has 0 saturated carbocycles. The van der Waals surface area contributed by atoms with Gasteiger partial charge in [-0.05, 0) is 30.2 Å². The summed E-state index contributed by atoms with van der Waals surface area (Å²) in [5.41, 5.74) is 4.54. The van der Waals surface area contributed by atoms with Crippen LogP contribution in [-0.2, 0) is 9.59 Å². The molecule has 1 saturated heterocycles. The van der Waals surface area contributed by atoms with Crippen molar-refractivity contribution in [2.75, 3.05) is 16.8 Å². The number of rotatable bonds is 2. The fourth-order valence-corrected chi connectivity index (χ4v) is 4.04. The van der Waals surface area contributed by atoms with Crippen LogP contribution in [0.25, 0.3) is 10.9 Å². The number of H-pyrrole nitrogens is 1. The van der Waals surface area contributed by atoms with Crippen LogP contribution in [0.5, 0.6) is 0 Å². The second kappa shape index (κ2) is 5.69. The molecule has 1 aromatic heterocycles. The van der Waals surface area contributed by atoms with Gasteiger partial charge in [-0.25, -0.2) is 0 Å². The van der Waals surface area contributed by atoms with Crippen molar-refractivity contribution in [3.8, 4) is 0 Å². The van der Waals surface area contributed by atoms with Gasteiger partial charge >= 0.3 is 0 Å². The molecule has 2 aliphatic heterocycles. The van der Waals surface area contributed by atoms with Gasteiger partial charge in [-0.2, -0.15) is 5.10 Å². The highest BCUT2D eigenvalue weighted by Crippen LogP contribution is 2.40. The molecule has 0 spiro atoms. The number of benzene rings is 2. The fraction of sp³-hybridized carbons (Fsp3) is 0.250. The molecule has 0 aliphatic carbocycles. The average molecular weight is 346 g/mol. The number of nitrogens with one attached hydrogen (secondary N) is 2. The second-order valence-corrected chi connectivity index (χ2v) is 6.88. The first-order chi connectivity index (χ1) is 12.7. The summed E-state index contributed by atoms with van der Waals surface area (Å²) < 4.78 is 0. The highest BCUT2D eigenvalue weighted by atomic mass is 16.2. The van der Waals surface area contributed by atoms with Crippen molar-refractivity contribution in [1.29, 1.82) is 0 Å². The van der Waals surface area contributed by atoms with Crippen LogP contribution >= 0.6 is 0 Å². The van der Waals surface area contributed by atoms with Gasteiger partial charge < -0.3 is 10.2 Å². The highest BCUT2D eigenvalue weighted by Gasteiger charge is 2.30. The standard InChI is InChI=1S/C20H18N4O2/c25-18-11-15(20-14-4-1-2-5-16(14)22-23-20)13-8-7-12(10-17(13)21-18)24-9-3-6-19(24)26/h1-2,4-5,7-8,10,15H,3,6,9,11H2,(H,21,25)(H,22,23). The van der Waals surface area contributed by atoms with E-state index in [-0.39, 0.29) is 17.7 Å². The number of carbonyl (C=O) groups excluding carboxylic acids is 2. The summed E-state index contributed by atoms with van der Waals surface area (Å²) in [5, 5.41) is 11.5. The van der Waals surface area contributed by atoms with Gasteiger partial charge in [0.25, 0.3) is 0 Å². The van der Waals surface area contributed by atoms with Crippen molar-refractivity contribution in [2.45, 2.75) is 25.2 Å². The van der Waals surface area contributed by atoms with Gasteiger partial charge in [0.1, 0.15) is 0 Å². The first-order valence-corrected chi connectivity index (χ1v) is 8.88. The molecular weight excluding hydrogens is 328 g/mol. The first kappa shape index (κ1) is 15.1. The molecule has 1 unspecified atom stereocenters. The number of aromatic nitrogens is 2. The Morgan fingerprint density at radius 1 is 1.12 bits per heavy atom. The molecule has 5 rings (SSSR count). The lowest BCUT2D eigenvalue weighted by Gasteiger charge is -2.27. The summed E-state index contributed by atoms with van der Waals surface area (Å²) in [4.78, 5) is 26.2. The van der Waals surface area contributed by atoms with Crippen molar-refractivity contribution >= 4 is 34.1 Å². The molecule has 2 amide bonds. The molecule has 26 heavy (non-hydrogen) atoms. The van der Waals surface area contributed by atoms with E-state index in [4.69, 9.17) is 0 Å². The van der Waals surface area contributed by atoms with Crippen LogP contribution in [0.1, 0.15) is 36.4 Å². The highest BCUT2D eigenvalue weighted by molar-refractivity contribution is 5.99. The number of para-hydroxylation sites is 1. The van der Waals surface area contributed by atoms with Gasteiger partial charge in [0.2, 0.25) is 11.8 Å². The predicted octanol–water partition coefficient (Wildman–Crippen LogP) is 3.16. The van der Waals surface area contributed by atoms with Crippen LogP contribution < -0.4 is 10.2 Å². The van der Waals surface area contributed by atoms with E-state index in [1.807, 2.05) is 42.5 Å². The van der Waals surface area contributed by atoms with Gasteiger partial charge in [0.05, 0.1) is 11.2 Å². The van der Waals surface area contributed by atoms with E-state index in [0.717, 1.165) is 46.5 Å². The van der Waals surface area contributed by atoms with E-state index in [1.165, 1.54) is 0 Å². The number of hydrogen-bond donors (Lipinski definition) is 2. The molecule has 3 aromatic rings. The van der Waals surface area contributed by atoms with Crippen molar-refractivity contribution in [1.82, 2.24) is 10.2 Å². The minimum Gasteiger partial charge on any atom is -0.326 e. The molecule has 2 aromatic carbocycles. The lowest BCUT2D eigenvalue weighted by Crippen LogP contribution is -2.26.